The Morgan fingerprint density at radius 3 is 2.81 bits per heavy atom. The zero-order chi connectivity index (χ0) is 14.9. The van der Waals surface area contributed by atoms with Gasteiger partial charge in [0.05, 0.1) is 19.9 Å². The summed E-state index contributed by atoms with van der Waals surface area (Å²) in [5.41, 5.74) is 7.70. The summed E-state index contributed by atoms with van der Waals surface area (Å²) < 4.78 is 0.00201. The topological polar surface area (TPSA) is 84.1 Å². The van der Waals surface area contributed by atoms with Crippen LogP contribution < -0.4 is 5.73 Å². The Balaban J connectivity index is 1.74. The molecule has 0 spiro atoms. The first kappa shape index (κ1) is 13.5. The standard InChI is InChI=1S/C15H17N5O/c1-20(9-5-8-11-6-3-2-4-7-11)14(21)12-13(18-10-17-12)19-15(20)16/h2-4,6-7,10H,5,8-9H2,1H3,(H2-,16,17,18,19,21)/p+1. The molecule has 0 saturated carbocycles. The van der Waals surface area contributed by atoms with Crippen molar-refractivity contribution in [2.24, 2.45) is 10.7 Å². The van der Waals surface area contributed by atoms with Crippen LogP contribution in [0.1, 0.15) is 22.5 Å². The maximum Gasteiger partial charge on any atom is 0.373 e. The number of amides is 1. The molecule has 1 atom stereocenters. The van der Waals surface area contributed by atoms with E-state index in [0.29, 0.717) is 24.0 Å². The van der Waals surface area contributed by atoms with Crippen molar-refractivity contribution in [3.8, 4) is 0 Å². The summed E-state index contributed by atoms with van der Waals surface area (Å²) in [6.45, 7) is 0.613. The van der Waals surface area contributed by atoms with Gasteiger partial charge in [0.1, 0.15) is 0 Å². The van der Waals surface area contributed by atoms with E-state index in [-0.39, 0.29) is 10.4 Å². The second-order valence-corrected chi connectivity index (χ2v) is 5.38. The number of guanidine groups is 1. The molecule has 1 aliphatic rings. The quantitative estimate of drug-likeness (QED) is 0.836. The van der Waals surface area contributed by atoms with E-state index in [4.69, 9.17) is 5.73 Å². The number of H-pyrrole nitrogens is 1. The van der Waals surface area contributed by atoms with Crippen LogP contribution >= 0.6 is 0 Å². The Hall–Kier alpha value is -2.47. The Morgan fingerprint density at radius 1 is 1.29 bits per heavy atom. The van der Waals surface area contributed by atoms with E-state index in [1.165, 1.54) is 11.9 Å². The van der Waals surface area contributed by atoms with Gasteiger partial charge >= 0.3 is 11.9 Å². The van der Waals surface area contributed by atoms with Crippen LogP contribution in [-0.4, -0.2) is 39.9 Å². The van der Waals surface area contributed by atoms with Crippen molar-refractivity contribution in [2.45, 2.75) is 12.8 Å². The van der Waals surface area contributed by atoms with Crippen LogP contribution in [-0.2, 0) is 6.42 Å². The van der Waals surface area contributed by atoms with E-state index in [1.807, 2.05) is 18.2 Å². The van der Waals surface area contributed by atoms with Crippen LogP contribution in [0.5, 0.6) is 0 Å². The summed E-state index contributed by atoms with van der Waals surface area (Å²) in [6.07, 6.45) is 3.23. The molecule has 1 amide bonds. The zero-order valence-corrected chi connectivity index (χ0v) is 11.9. The minimum absolute atomic E-state index is 0.00201. The van der Waals surface area contributed by atoms with Crippen molar-refractivity contribution in [2.75, 3.05) is 13.6 Å². The zero-order valence-electron chi connectivity index (χ0n) is 11.9. The van der Waals surface area contributed by atoms with Crippen molar-refractivity contribution in [1.82, 2.24) is 9.97 Å². The highest BCUT2D eigenvalue weighted by atomic mass is 16.2. The summed E-state index contributed by atoms with van der Waals surface area (Å²) in [6, 6.07) is 10.2. The minimum atomic E-state index is -0.0805. The first-order valence-corrected chi connectivity index (χ1v) is 6.94. The van der Waals surface area contributed by atoms with E-state index < -0.39 is 0 Å². The number of imidazole rings is 1. The SMILES string of the molecule is C[N+]1(CCCc2ccccc2)C(=O)c2[nH]cnc2N=C1N. The first-order valence-electron chi connectivity index (χ1n) is 6.94. The monoisotopic (exact) mass is 284 g/mol. The molecule has 0 saturated heterocycles. The molecule has 6 nitrogen and oxygen atoms in total. The fourth-order valence-electron chi connectivity index (χ4n) is 2.56. The van der Waals surface area contributed by atoms with Crippen LogP contribution in [0.2, 0.25) is 0 Å². The summed E-state index contributed by atoms with van der Waals surface area (Å²) in [4.78, 5) is 23.7. The lowest BCUT2D eigenvalue weighted by atomic mass is 10.1. The highest BCUT2D eigenvalue weighted by molar-refractivity contribution is 6.01. The van der Waals surface area contributed by atoms with Gasteiger partial charge in [-0.25, -0.2) is 9.78 Å². The Labute approximate surface area is 122 Å². The maximum absolute atomic E-state index is 12.6. The molecule has 2 heterocycles. The highest BCUT2D eigenvalue weighted by Gasteiger charge is 2.43. The number of hydrogen-bond donors (Lipinski definition) is 2. The average Bonchev–Trinajstić information content (AvgIpc) is 2.95. The summed E-state index contributed by atoms with van der Waals surface area (Å²) in [7, 11) is 1.80. The number of aromatic amines is 1. The molecule has 1 unspecified atom stereocenters. The number of fused-ring (bicyclic) bond motifs is 1. The highest BCUT2D eigenvalue weighted by Crippen LogP contribution is 2.25. The number of nitrogens with two attached hydrogens (primary N) is 1. The van der Waals surface area contributed by atoms with Gasteiger partial charge in [-0.3, -0.25) is 0 Å². The van der Waals surface area contributed by atoms with Crippen molar-refractivity contribution in [3.63, 3.8) is 0 Å². The van der Waals surface area contributed by atoms with E-state index >= 15 is 0 Å². The third-order valence-corrected chi connectivity index (χ3v) is 3.92. The smallest absolute Gasteiger partial charge is 0.337 e. The fraction of sp³-hybridized carbons (Fsp3) is 0.267. The normalized spacial score (nSPS) is 21.0. The number of aliphatic imine (C=N–C) groups is 1. The van der Waals surface area contributed by atoms with Crippen molar-refractivity contribution < 1.29 is 9.28 Å². The molecule has 1 aromatic carbocycles. The van der Waals surface area contributed by atoms with Crippen LogP contribution in [0, 0.1) is 0 Å². The molecule has 3 rings (SSSR count). The number of carbonyl (C=O) groups excluding carboxylic acids is 1. The van der Waals surface area contributed by atoms with Crippen LogP contribution in [0.15, 0.2) is 41.7 Å². The third-order valence-electron chi connectivity index (χ3n) is 3.92. The van der Waals surface area contributed by atoms with Crippen LogP contribution in [0.4, 0.5) is 5.82 Å². The lowest BCUT2D eigenvalue weighted by molar-refractivity contribution is -0.736. The van der Waals surface area contributed by atoms with Crippen LogP contribution in [0.3, 0.4) is 0 Å². The van der Waals surface area contributed by atoms with Gasteiger partial charge in [0.15, 0.2) is 11.5 Å². The molecule has 1 aliphatic heterocycles. The molecule has 21 heavy (non-hydrogen) atoms. The molecular formula is C15H18N5O+. The number of aryl methyl sites for hydroxylation is 1. The van der Waals surface area contributed by atoms with Crippen LogP contribution in [0.25, 0.3) is 0 Å². The van der Waals surface area contributed by atoms with E-state index in [2.05, 4.69) is 27.1 Å². The maximum atomic E-state index is 12.6. The van der Waals surface area contributed by atoms with Crippen molar-refractivity contribution in [3.05, 3.63) is 47.9 Å². The predicted octanol–water partition coefficient (Wildman–Crippen LogP) is 1.59. The Kier molecular flexibility index (Phi) is 3.31. The van der Waals surface area contributed by atoms with Crippen molar-refractivity contribution >= 4 is 17.7 Å². The summed E-state index contributed by atoms with van der Waals surface area (Å²) in [5, 5.41) is 0. The van der Waals surface area contributed by atoms with Gasteiger partial charge < -0.3 is 10.7 Å². The number of benzene rings is 1. The number of nitrogens with zero attached hydrogens (tertiary/aromatic N) is 3. The molecule has 2 aromatic rings. The largest absolute Gasteiger partial charge is 0.373 e. The van der Waals surface area contributed by atoms with Gasteiger partial charge in [0, 0.05) is 6.42 Å². The lowest BCUT2D eigenvalue weighted by Crippen LogP contribution is -2.59. The second-order valence-electron chi connectivity index (χ2n) is 5.38. The van der Waals surface area contributed by atoms with Gasteiger partial charge in [-0.15, -0.1) is 0 Å². The van der Waals surface area contributed by atoms with Gasteiger partial charge in [-0.2, -0.15) is 9.48 Å². The molecule has 0 radical (unpaired) electrons. The molecular weight excluding hydrogens is 266 g/mol. The number of rotatable bonds is 4. The molecule has 0 bridgehead atoms. The Morgan fingerprint density at radius 2 is 2.05 bits per heavy atom. The second kappa shape index (κ2) is 5.14. The lowest BCUT2D eigenvalue weighted by Gasteiger charge is -2.31. The number of nitrogens with one attached hydrogen (secondary N) is 1. The molecule has 0 aliphatic carbocycles. The number of hydrogen-bond acceptors (Lipinski definition) is 4. The average molecular weight is 284 g/mol. The molecule has 3 N–H and O–H groups in total. The number of aromatic nitrogens is 2. The van der Waals surface area contributed by atoms with Crippen molar-refractivity contribution in [1.29, 1.82) is 0 Å². The molecule has 6 heteroatoms. The van der Waals surface area contributed by atoms with E-state index in [1.54, 1.807) is 7.05 Å². The number of quaternary nitrogens is 1. The minimum Gasteiger partial charge on any atom is -0.337 e. The van der Waals surface area contributed by atoms with Gasteiger partial charge in [0.25, 0.3) is 0 Å². The predicted molar refractivity (Wildman–Crippen MR) is 80.0 cm³/mol. The molecule has 1 aromatic heterocycles. The van der Waals surface area contributed by atoms with E-state index in [0.717, 1.165) is 12.8 Å². The van der Waals surface area contributed by atoms with Gasteiger partial charge in [-0.05, 0) is 12.0 Å². The van der Waals surface area contributed by atoms with Gasteiger partial charge in [0.2, 0.25) is 0 Å². The van der Waals surface area contributed by atoms with Gasteiger partial charge in [-0.1, -0.05) is 30.3 Å². The fourth-order valence-corrected chi connectivity index (χ4v) is 2.56. The molecule has 0 fully saturated rings. The molecule has 108 valence electrons. The third kappa shape index (κ3) is 2.34. The first-order chi connectivity index (χ1) is 10.1. The summed E-state index contributed by atoms with van der Waals surface area (Å²) >= 11 is 0. The summed E-state index contributed by atoms with van der Waals surface area (Å²) in [5.74, 6) is 0.604. The van der Waals surface area contributed by atoms with E-state index in [9.17, 15) is 4.79 Å². The Bertz CT molecular complexity index is 691. The number of carbonyl (C=O) groups is 1.